The van der Waals surface area contributed by atoms with Crippen LogP contribution in [-0.2, 0) is 6.42 Å². The van der Waals surface area contributed by atoms with Crippen LogP contribution in [0, 0.1) is 10.1 Å². The van der Waals surface area contributed by atoms with Crippen molar-refractivity contribution in [3.63, 3.8) is 0 Å². The summed E-state index contributed by atoms with van der Waals surface area (Å²) in [4.78, 5) is 10.2. The van der Waals surface area contributed by atoms with Crippen LogP contribution in [-0.4, -0.2) is 22.6 Å². The first-order valence-electron chi connectivity index (χ1n) is 5.90. The summed E-state index contributed by atoms with van der Waals surface area (Å²) in [5.74, 6) is 0.199. The molecule has 1 aliphatic carbocycles. The molecule has 17 heavy (non-hydrogen) atoms. The molecule has 0 aromatic heterocycles. The van der Waals surface area contributed by atoms with Gasteiger partial charge in [-0.25, -0.2) is 0 Å². The van der Waals surface area contributed by atoms with E-state index in [1.54, 1.807) is 6.07 Å². The van der Waals surface area contributed by atoms with Gasteiger partial charge in [0.05, 0.1) is 4.92 Å². The lowest BCUT2D eigenvalue weighted by Crippen LogP contribution is -2.37. The van der Waals surface area contributed by atoms with Crippen molar-refractivity contribution in [3.8, 4) is 5.75 Å². The zero-order valence-corrected chi connectivity index (χ0v) is 9.35. The highest BCUT2D eigenvalue weighted by Crippen LogP contribution is 2.42. The summed E-state index contributed by atoms with van der Waals surface area (Å²) >= 11 is 0. The minimum Gasteiger partial charge on any atom is -0.502 e. The van der Waals surface area contributed by atoms with E-state index < -0.39 is 4.92 Å². The fourth-order valence-electron chi connectivity index (χ4n) is 3.08. The van der Waals surface area contributed by atoms with Crippen molar-refractivity contribution < 1.29 is 10.0 Å². The molecule has 0 bridgehead atoms. The van der Waals surface area contributed by atoms with Gasteiger partial charge in [0.1, 0.15) is 0 Å². The van der Waals surface area contributed by atoms with Crippen molar-refractivity contribution in [1.82, 2.24) is 5.32 Å². The average Bonchev–Trinajstić information content (AvgIpc) is 2.65. The minimum absolute atomic E-state index is 0.178. The number of rotatable bonds is 1. The van der Waals surface area contributed by atoms with Crippen LogP contribution in [0.1, 0.15) is 29.9 Å². The standard InChI is InChI=1S/C12H14N2O3/c15-12-6-9-7(5-11(12)14(16)17)4-10-8(9)2-1-3-13-10/h5-6,8,10,13,15H,1-4H2/t8-,10+/m0/s1. The third-order valence-corrected chi connectivity index (χ3v) is 3.86. The molecule has 1 aromatic rings. The lowest BCUT2D eigenvalue weighted by Gasteiger charge is -2.26. The number of aromatic hydroxyl groups is 1. The second kappa shape index (κ2) is 3.70. The maximum atomic E-state index is 10.8. The highest BCUT2D eigenvalue weighted by atomic mass is 16.6. The van der Waals surface area contributed by atoms with E-state index in [9.17, 15) is 15.2 Å². The first-order valence-corrected chi connectivity index (χ1v) is 5.90. The van der Waals surface area contributed by atoms with E-state index in [1.807, 2.05) is 0 Å². The molecular weight excluding hydrogens is 220 g/mol. The summed E-state index contributed by atoms with van der Waals surface area (Å²) in [5, 5.41) is 23.9. The number of nitro benzene ring substituents is 1. The Morgan fingerprint density at radius 1 is 1.47 bits per heavy atom. The summed E-state index contributed by atoms with van der Waals surface area (Å²) < 4.78 is 0. The first kappa shape index (κ1) is 10.5. The van der Waals surface area contributed by atoms with Crippen LogP contribution >= 0.6 is 0 Å². The molecule has 2 atom stereocenters. The molecule has 0 unspecified atom stereocenters. The number of piperidine rings is 1. The zero-order valence-electron chi connectivity index (χ0n) is 9.35. The van der Waals surface area contributed by atoms with Gasteiger partial charge in [0.15, 0.2) is 5.75 Å². The van der Waals surface area contributed by atoms with Crippen LogP contribution < -0.4 is 5.32 Å². The van der Waals surface area contributed by atoms with Gasteiger partial charge in [0, 0.05) is 18.0 Å². The Labute approximate surface area is 98.6 Å². The van der Waals surface area contributed by atoms with Crippen LogP contribution in [0.4, 0.5) is 5.69 Å². The molecule has 2 N–H and O–H groups in total. The fourth-order valence-corrected chi connectivity index (χ4v) is 3.08. The number of fused-ring (bicyclic) bond motifs is 3. The molecule has 90 valence electrons. The highest BCUT2D eigenvalue weighted by Gasteiger charge is 2.36. The molecule has 0 saturated carbocycles. The molecule has 5 nitrogen and oxygen atoms in total. The van der Waals surface area contributed by atoms with Crippen LogP contribution in [0.15, 0.2) is 12.1 Å². The van der Waals surface area contributed by atoms with Crippen molar-refractivity contribution in [2.45, 2.75) is 31.2 Å². The summed E-state index contributed by atoms with van der Waals surface area (Å²) in [5.41, 5.74) is 1.92. The van der Waals surface area contributed by atoms with Crippen LogP contribution in [0.3, 0.4) is 0 Å². The number of nitrogens with zero attached hydrogens (tertiary/aromatic N) is 1. The number of nitro groups is 1. The lowest BCUT2D eigenvalue weighted by atomic mass is 9.90. The van der Waals surface area contributed by atoms with Gasteiger partial charge in [-0.05, 0) is 43.0 Å². The topological polar surface area (TPSA) is 75.4 Å². The quantitative estimate of drug-likeness (QED) is 0.572. The molecule has 0 radical (unpaired) electrons. The van der Waals surface area contributed by atoms with E-state index in [0.717, 1.165) is 36.9 Å². The van der Waals surface area contributed by atoms with E-state index >= 15 is 0 Å². The fraction of sp³-hybridized carbons (Fsp3) is 0.500. The molecule has 1 fully saturated rings. The molecule has 0 amide bonds. The maximum Gasteiger partial charge on any atom is 0.310 e. The van der Waals surface area contributed by atoms with Gasteiger partial charge in [-0.15, -0.1) is 0 Å². The summed E-state index contributed by atoms with van der Waals surface area (Å²) in [6, 6.07) is 3.51. The lowest BCUT2D eigenvalue weighted by molar-refractivity contribution is -0.385. The normalized spacial score (nSPS) is 26.4. The molecule has 2 aliphatic rings. The second-order valence-electron chi connectivity index (χ2n) is 4.81. The Bertz CT molecular complexity index is 487. The maximum absolute atomic E-state index is 10.8. The van der Waals surface area contributed by atoms with E-state index in [0.29, 0.717) is 12.0 Å². The molecule has 0 spiro atoms. The average molecular weight is 234 g/mol. The van der Waals surface area contributed by atoms with E-state index in [2.05, 4.69) is 5.32 Å². The molecule has 1 aromatic carbocycles. The Morgan fingerprint density at radius 3 is 3.06 bits per heavy atom. The minimum atomic E-state index is -0.523. The van der Waals surface area contributed by atoms with Gasteiger partial charge in [0.2, 0.25) is 0 Å². The molecule has 3 rings (SSSR count). The predicted octanol–water partition coefficient (Wildman–Crippen LogP) is 1.69. The van der Waals surface area contributed by atoms with E-state index in [1.165, 1.54) is 6.07 Å². The SMILES string of the molecule is O=[N+]([O-])c1cc2c(cc1O)[C@@H]1CCCN[C@@H]1C2. The summed E-state index contributed by atoms with van der Waals surface area (Å²) in [6.45, 7) is 1.02. The van der Waals surface area contributed by atoms with Crippen LogP contribution in [0.25, 0.3) is 0 Å². The zero-order chi connectivity index (χ0) is 12.0. The number of hydrogen-bond acceptors (Lipinski definition) is 4. The van der Waals surface area contributed by atoms with E-state index in [4.69, 9.17) is 0 Å². The van der Waals surface area contributed by atoms with E-state index in [-0.39, 0.29) is 11.4 Å². The van der Waals surface area contributed by atoms with Crippen molar-refractivity contribution in [1.29, 1.82) is 0 Å². The van der Waals surface area contributed by atoms with Gasteiger partial charge in [-0.2, -0.15) is 0 Å². The number of benzene rings is 1. The van der Waals surface area contributed by atoms with Gasteiger partial charge in [-0.3, -0.25) is 10.1 Å². The molecule has 5 heteroatoms. The third kappa shape index (κ3) is 1.58. The predicted molar refractivity (Wildman–Crippen MR) is 62.2 cm³/mol. The second-order valence-corrected chi connectivity index (χ2v) is 4.81. The van der Waals surface area contributed by atoms with Gasteiger partial charge in [0.25, 0.3) is 0 Å². The molecular formula is C12H14N2O3. The number of hydrogen-bond donors (Lipinski definition) is 2. The van der Waals surface area contributed by atoms with Gasteiger partial charge < -0.3 is 10.4 Å². The molecule has 1 heterocycles. The van der Waals surface area contributed by atoms with Crippen molar-refractivity contribution >= 4 is 5.69 Å². The molecule has 1 saturated heterocycles. The van der Waals surface area contributed by atoms with Gasteiger partial charge >= 0.3 is 5.69 Å². The smallest absolute Gasteiger partial charge is 0.310 e. The van der Waals surface area contributed by atoms with Gasteiger partial charge in [-0.1, -0.05) is 0 Å². The Hall–Kier alpha value is -1.62. The Balaban J connectivity index is 2.05. The number of phenolic OH excluding ortho intramolecular Hbond substituents is 1. The largest absolute Gasteiger partial charge is 0.502 e. The van der Waals surface area contributed by atoms with Crippen molar-refractivity contribution in [2.75, 3.05) is 6.54 Å². The summed E-state index contributed by atoms with van der Waals surface area (Å²) in [6.07, 6.45) is 3.06. The Kier molecular flexibility index (Phi) is 2.29. The van der Waals surface area contributed by atoms with Crippen LogP contribution in [0.2, 0.25) is 0 Å². The highest BCUT2D eigenvalue weighted by molar-refractivity contribution is 5.54. The van der Waals surface area contributed by atoms with Crippen molar-refractivity contribution in [2.24, 2.45) is 0 Å². The monoisotopic (exact) mass is 234 g/mol. The molecule has 1 aliphatic heterocycles. The Morgan fingerprint density at radius 2 is 2.29 bits per heavy atom. The number of nitrogens with one attached hydrogen (secondary N) is 1. The third-order valence-electron chi connectivity index (χ3n) is 3.86. The summed E-state index contributed by atoms with van der Waals surface area (Å²) in [7, 11) is 0. The van der Waals surface area contributed by atoms with Crippen molar-refractivity contribution in [3.05, 3.63) is 33.4 Å². The first-order chi connectivity index (χ1) is 8.16. The number of phenols is 1. The van der Waals surface area contributed by atoms with Crippen LogP contribution in [0.5, 0.6) is 5.75 Å².